The van der Waals surface area contributed by atoms with Crippen LogP contribution in [0.1, 0.15) is 51.2 Å². The van der Waals surface area contributed by atoms with Gasteiger partial charge in [0.15, 0.2) is 0 Å². The Bertz CT molecular complexity index is 484. The van der Waals surface area contributed by atoms with Crippen molar-refractivity contribution < 1.29 is 5.21 Å². The van der Waals surface area contributed by atoms with Gasteiger partial charge in [-0.15, -0.1) is 0 Å². The van der Waals surface area contributed by atoms with E-state index in [0.717, 1.165) is 13.1 Å². The van der Waals surface area contributed by atoms with Crippen molar-refractivity contribution >= 4 is 5.84 Å². The number of oxime groups is 1. The predicted octanol–water partition coefficient (Wildman–Crippen LogP) is 3.09. The zero-order chi connectivity index (χ0) is 15.5. The third-order valence-corrected chi connectivity index (χ3v) is 4.05. The molecule has 4 heteroatoms. The van der Waals surface area contributed by atoms with Crippen LogP contribution in [-0.2, 0) is 12.0 Å². The molecule has 1 aliphatic rings. The second-order valence-electron chi connectivity index (χ2n) is 6.99. The number of benzene rings is 1. The van der Waals surface area contributed by atoms with Crippen molar-refractivity contribution in [3.8, 4) is 0 Å². The topological polar surface area (TPSA) is 61.8 Å². The van der Waals surface area contributed by atoms with Crippen molar-refractivity contribution in [2.45, 2.75) is 58.0 Å². The van der Waals surface area contributed by atoms with Crippen LogP contribution in [0.4, 0.5) is 0 Å². The van der Waals surface area contributed by atoms with Crippen LogP contribution >= 0.6 is 0 Å². The molecule has 1 saturated carbocycles. The van der Waals surface area contributed by atoms with Gasteiger partial charge >= 0.3 is 0 Å². The maximum atomic E-state index is 8.64. The minimum Gasteiger partial charge on any atom is -0.409 e. The van der Waals surface area contributed by atoms with Crippen LogP contribution in [0.15, 0.2) is 29.4 Å². The second kappa shape index (κ2) is 6.48. The Morgan fingerprint density at radius 3 is 2.38 bits per heavy atom. The first-order valence-electron chi connectivity index (χ1n) is 7.70. The molecule has 1 aromatic rings. The summed E-state index contributed by atoms with van der Waals surface area (Å²) in [6.45, 7) is 8.48. The van der Waals surface area contributed by atoms with Crippen LogP contribution in [-0.4, -0.2) is 28.5 Å². The molecule has 0 unspecified atom stereocenters. The highest BCUT2D eigenvalue weighted by Gasteiger charge is 2.28. The largest absolute Gasteiger partial charge is 0.409 e. The molecule has 116 valence electrons. The molecule has 0 bridgehead atoms. The van der Waals surface area contributed by atoms with Crippen LogP contribution in [0, 0.1) is 0 Å². The van der Waals surface area contributed by atoms with E-state index < -0.39 is 0 Å². The van der Waals surface area contributed by atoms with Crippen molar-refractivity contribution in [2.75, 3.05) is 6.54 Å². The third kappa shape index (κ3) is 4.74. The summed E-state index contributed by atoms with van der Waals surface area (Å²) in [4.78, 5) is 2.43. The fourth-order valence-electron chi connectivity index (χ4n) is 2.48. The smallest absolute Gasteiger partial charge is 0.140 e. The monoisotopic (exact) mass is 289 g/mol. The highest BCUT2D eigenvalue weighted by atomic mass is 16.4. The van der Waals surface area contributed by atoms with Crippen molar-refractivity contribution in [2.24, 2.45) is 10.9 Å². The lowest BCUT2D eigenvalue weighted by Crippen LogP contribution is -2.30. The standard InChI is InChI=1S/C17H27N3O/c1-17(2,3)14-6-4-13(5-7-14)12-20(15-8-9-15)11-10-16(18)19-21/h4-7,15,21H,8-12H2,1-3H3,(H2,18,19). The van der Waals surface area contributed by atoms with Crippen LogP contribution in [0.2, 0.25) is 0 Å². The quantitative estimate of drug-likeness (QED) is 0.366. The Balaban J connectivity index is 1.97. The van der Waals surface area contributed by atoms with Gasteiger partial charge in [0.2, 0.25) is 0 Å². The number of hydrogen-bond acceptors (Lipinski definition) is 3. The molecule has 0 aliphatic heterocycles. The van der Waals surface area contributed by atoms with Gasteiger partial charge in [-0.25, -0.2) is 0 Å². The maximum absolute atomic E-state index is 8.64. The molecule has 1 fully saturated rings. The van der Waals surface area contributed by atoms with Crippen LogP contribution < -0.4 is 5.73 Å². The average molecular weight is 289 g/mol. The van der Waals surface area contributed by atoms with Gasteiger partial charge in [0.05, 0.1) is 0 Å². The molecule has 2 rings (SSSR count). The van der Waals surface area contributed by atoms with E-state index >= 15 is 0 Å². The summed E-state index contributed by atoms with van der Waals surface area (Å²) in [5.74, 6) is 0.309. The maximum Gasteiger partial charge on any atom is 0.140 e. The molecular formula is C17H27N3O. The molecular weight excluding hydrogens is 262 g/mol. The first-order chi connectivity index (χ1) is 9.90. The first kappa shape index (κ1) is 15.8. The number of nitrogens with two attached hydrogens (primary N) is 1. The van der Waals surface area contributed by atoms with Crippen molar-refractivity contribution in [1.29, 1.82) is 0 Å². The third-order valence-electron chi connectivity index (χ3n) is 4.05. The summed E-state index contributed by atoms with van der Waals surface area (Å²) in [7, 11) is 0. The predicted molar refractivity (Wildman–Crippen MR) is 86.6 cm³/mol. The van der Waals surface area contributed by atoms with E-state index in [-0.39, 0.29) is 5.41 Å². The van der Waals surface area contributed by atoms with Crippen molar-refractivity contribution in [1.82, 2.24) is 4.90 Å². The lowest BCUT2D eigenvalue weighted by atomic mass is 9.87. The zero-order valence-corrected chi connectivity index (χ0v) is 13.3. The van der Waals surface area contributed by atoms with Gasteiger partial charge in [-0.1, -0.05) is 50.2 Å². The van der Waals surface area contributed by atoms with Crippen LogP contribution in [0.5, 0.6) is 0 Å². The van der Waals surface area contributed by atoms with Crippen LogP contribution in [0.3, 0.4) is 0 Å². The van der Waals surface area contributed by atoms with E-state index in [1.54, 1.807) is 0 Å². The Hall–Kier alpha value is -1.55. The minimum atomic E-state index is 0.195. The number of nitrogens with zero attached hydrogens (tertiary/aromatic N) is 2. The van der Waals surface area contributed by atoms with Crippen LogP contribution in [0.25, 0.3) is 0 Å². The van der Waals surface area contributed by atoms with E-state index in [9.17, 15) is 0 Å². The second-order valence-corrected chi connectivity index (χ2v) is 6.99. The van der Waals surface area contributed by atoms with Gasteiger partial charge in [-0.05, 0) is 29.4 Å². The summed E-state index contributed by atoms with van der Waals surface area (Å²) in [5.41, 5.74) is 8.46. The fraction of sp³-hybridized carbons (Fsp3) is 0.588. The lowest BCUT2D eigenvalue weighted by molar-refractivity contribution is 0.259. The fourth-order valence-corrected chi connectivity index (χ4v) is 2.48. The molecule has 0 aromatic heterocycles. The van der Waals surface area contributed by atoms with Gasteiger partial charge in [0, 0.05) is 25.6 Å². The van der Waals surface area contributed by atoms with Gasteiger partial charge in [0.1, 0.15) is 5.84 Å². The van der Waals surface area contributed by atoms with E-state index in [2.05, 4.69) is 55.1 Å². The summed E-state index contributed by atoms with van der Waals surface area (Å²) in [6, 6.07) is 9.56. The Labute approximate surface area is 127 Å². The Morgan fingerprint density at radius 2 is 1.90 bits per heavy atom. The zero-order valence-electron chi connectivity index (χ0n) is 13.3. The molecule has 0 heterocycles. The lowest BCUT2D eigenvalue weighted by Gasteiger charge is -2.23. The van der Waals surface area contributed by atoms with Gasteiger partial charge in [-0.2, -0.15) is 0 Å². The van der Waals surface area contributed by atoms with Crippen molar-refractivity contribution in [3.63, 3.8) is 0 Å². The normalized spacial score (nSPS) is 16.5. The summed E-state index contributed by atoms with van der Waals surface area (Å²) in [5, 5.41) is 11.7. The number of rotatable bonds is 6. The molecule has 0 saturated heterocycles. The molecule has 3 N–H and O–H groups in total. The van der Waals surface area contributed by atoms with E-state index in [0.29, 0.717) is 18.3 Å². The minimum absolute atomic E-state index is 0.195. The average Bonchev–Trinajstić information content (AvgIpc) is 3.27. The molecule has 0 radical (unpaired) electrons. The first-order valence-corrected chi connectivity index (χ1v) is 7.70. The van der Waals surface area contributed by atoms with Crippen molar-refractivity contribution in [3.05, 3.63) is 35.4 Å². The number of hydrogen-bond donors (Lipinski definition) is 2. The van der Waals surface area contributed by atoms with E-state index in [1.165, 1.54) is 24.0 Å². The summed E-state index contributed by atoms with van der Waals surface area (Å²) >= 11 is 0. The van der Waals surface area contributed by atoms with E-state index in [4.69, 9.17) is 10.9 Å². The molecule has 1 aliphatic carbocycles. The number of amidine groups is 1. The highest BCUT2D eigenvalue weighted by Crippen LogP contribution is 2.29. The molecule has 0 spiro atoms. The SMILES string of the molecule is CC(C)(C)c1ccc(CN(CCC(N)=NO)C2CC2)cc1. The molecule has 4 nitrogen and oxygen atoms in total. The highest BCUT2D eigenvalue weighted by molar-refractivity contribution is 5.79. The Morgan fingerprint density at radius 1 is 1.29 bits per heavy atom. The molecule has 1 aromatic carbocycles. The molecule has 21 heavy (non-hydrogen) atoms. The molecule has 0 atom stereocenters. The van der Waals surface area contributed by atoms with E-state index in [1.807, 2.05) is 0 Å². The van der Waals surface area contributed by atoms with Gasteiger partial charge in [0.25, 0.3) is 0 Å². The van der Waals surface area contributed by atoms with Gasteiger partial charge < -0.3 is 10.9 Å². The summed E-state index contributed by atoms with van der Waals surface area (Å²) in [6.07, 6.45) is 3.14. The Kier molecular flexibility index (Phi) is 4.88. The summed E-state index contributed by atoms with van der Waals surface area (Å²) < 4.78 is 0. The molecule has 0 amide bonds. The van der Waals surface area contributed by atoms with Gasteiger partial charge in [-0.3, -0.25) is 4.90 Å².